The predicted molar refractivity (Wildman–Crippen MR) is 235 cm³/mol. The van der Waals surface area contributed by atoms with E-state index in [1.54, 1.807) is 0 Å². The summed E-state index contributed by atoms with van der Waals surface area (Å²) >= 11 is 0. The van der Waals surface area contributed by atoms with Gasteiger partial charge in [-0.15, -0.1) is 0 Å². The maximum absolute atomic E-state index is 7.08. The van der Waals surface area contributed by atoms with Crippen LogP contribution < -0.4 is 16.0 Å². The Bertz CT molecular complexity index is 2910. The number of ether oxygens (including phenoxy) is 1. The highest BCUT2D eigenvalue weighted by Crippen LogP contribution is 2.49. The van der Waals surface area contributed by atoms with E-state index >= 15 is 0 Å². The molecule has 1 fully saturated rings. The zero-order valence-electron chi connectivity index (χ0n) is 32.6. The lowest BCUT2D eigenvalue weighted by atomic mass is 9.79. The number of rotatable bonds is 5. The van der Waals surface area contributed by atoms with Gasteiger partial charge in [0.1, 0.15) is 17.4 Å². The van der Waals surface area contributed by atoms with Gasteiger partial charge >= 0.3 is 0 Å². The van der Waals surface area contributed by atoms with Crippen LogP contribution in [0, 0.1) is 11.8 Å². The number of allylic oxidation sites excluding steroid dienone is 5. The lowest BCUT2D eigenvalue weighted by Gasteiger charge is -2.50. The molecule has 0 spiro atoms. The Morgan fingerprint density at radius 2 is 1.47 bits per heavy atom. The zero-order valence-corrected chi connectivity index (χ0v) is 32.6. The van der Waals surface area contributed by atoms with Crippen LogP contribution >= 0.6 is 0 Å². The van der Waals surface area contributed by atoms with Crippen molar-refractivity contribution in [3.05, 3.63) is 180 Å². The molecule has 3 aliphatic carbocycles. The number of aromatic nitrogens is 1. The van der Waals surface area contributed by atoms with Crippen molar-refractivity contribution in [3.63, 3.8) is 0 Å². The largest absolute Gasteiger partial charge is 0.493 e. The highest BCUT2D eigenvalue weighted by Gasteiger charge is 2.46. The van der Waals surface area contributed by atoms with Gasteiger partial charge in [-0.2, -0.15) is 0 Å². The van der Waals surface area contributed by atoms with E-state index in [-0.39, 0.29) is 36.3 Å². The van der Waals surface area contributed by atoms with Gasteiger partial charge in [0, 0.05) is 57.3 Å². The summed E-state index contributed by atoms with van der Waals surface area (Å²) < 4.78 is 16.3. The highest BCUT2D eigenvalue weighted by atomic mass is 16.5. The Kier molecular flexibility index (Phi) is 7.84. The third-order valence-corrected chi connectivity index (χ3v) is 13.5. The normalized spacial score (nSPS) is 28.0. The predicted octanol–water partition coefficient (Wildman–Crippen LogP) is 11.5. The molecule has 0 amide bonds. The standard InChI is InChI=1S/C52H46N4O2/c1-52(54-50(34-14-6-3-7-15-34)53-51(55-52)35-22-20-33(21-23-35)32-12-4-2-5-13-32)36-24-26-40-41-27-25-37(31-47(41)57-46(40)30-36)56-44-18-10-8-16-38(44)42-28-29-43-39-17-9-11-19-45(39)58-49(43)48(42)56/h2,4-6,8-29,36-37,41,47,50-51,53-55H,3,7,30-31H2,1H3/t36?,37?,41?,47-,50?,51?,52?/m1/s1. The lowest BCUT2D eigenvalue weighted by molar-refractivity contribution is 0.0689. The third kappa shape index (κ3) is 5.43. The first-order chi connectivity index (χ1) is 28.6. The molecular weight excluding hydrogens is 713 g/mol. The summed E-state index contributed by atoms with van der Waals surface area (Å²) in [5.74, 6) is 1.55. The number of benzene rings is 5. The van der Waals surface area contributed by atoms with E-state index in [1.807, 2.05) is 0 Å². The van der Waals surface area contributed by atoms with Crippen molar-refractivity contribution in [1.29, 1.82) is 0 Å². The highest BCUT2D eigenvalue weighted by molar-refractivity contribution is 6.20. The van der Waals surface area contributed by atoms with Crippen LogP contribution in [0.15, 0.2) is 179 Å². The van der Waals surface area contributed by atoms with Gasteiger partial charge < -0.3 is 13.7 Å². The molecule has 12 rings (SSSR count). The van der Waals surface area contributed by atoms with Gasteiger partial charge in [-0.25, -0.2) is 0 Å². The van der Waals surface area contributed by atoms with Crippen LogP contribution in [0.5, 0.6) is 0 Å². The molecule has 6 nitrogen and oxygen atoms in total. The number of para-hydroxylation sites is 2. The summed E-state index contributed by atoms with van der Waals surface area (Å²) in [6, 6.07) is 41.5. The van der Waals surface area contributed by atoms with Crippen LogP contribution in [0.1, 0.15) is 50.4 Å². The van der Waals surface area contributed by atoms with Crippen molar-refractivity contribution in [2.45, 2.75) is 62.7 Å². The minimum atomic E-state index is -0.406. The lowest BCUT2D eigenvalue weighted by Crippen LogP contribution is -2.72. The number of furan rings is 1. The van der Waals surface area contributed by atoms with Crippen molar-refractivity contribution in [2.24, 2.45) is 11.8 Å². The number of hydrogen-bond acceptors (Lipinski definition) is 5. The average molecular weight is 759 g/mol. The molecule has 6 heteroatoms. The van der Waals surface area contributed by atoms with Gasteiger partial charge in [0.25, 0.3) is 0 Å². The second-order valence-corrected chi connectivity index (χ2v) is 16.9. The summed E-state index contributed by atoms with van der Waals surface area (Å²) in [5, 5.41) is 16.8. The summed E-state index contributed by atoms with van der Waals surface area (Å²) in [6.45, 7) is 2.33. The van der Waals surface area contributed by atoms with Crippen LogP contribution in [0.3, 0.4) is 0 Å². The maximum Gasteiger partial charge on any atom is 0.159 e. The fraction of sp³-hybridized carbons (Fsp3) is 0.231. The van der Waals surface area contributed by atoms with E-state index in [1.165, 1.54) is 44.1 Å². The van der Waals surface area contributed by atoms with Crippen LogP contribution in [0.4, 0.5) is 0 Å². The molecule has 7 aromatic rings. The SMILES string of the molecule is CC1(C2C=CC3=C(C2)O[C@@H]2CC(n4c5ccccc5c5ccc6c7ccccc7oc6c54)C=CC32)NC(C2=CCCC=C2)NC(c2ccc(-c3ccccc3)cc2)N1. The molecule has 0 bridgehead atoms. The Morgan fingerprint density at radius 3 is 2.33 bits per heavy atom. The van der Waals surface area contributed by atoms with Crippen LogP contribution in [0.25, 0.3) is 54.9 Å². The summed E-state index contributed by atoms with van der Waals surface area (Å²) in [6.07, 6.45) is 20.5. The first-order valence-corrected chi connectivity index (χ1v) is 21.0. The minimum Gasteiger partial charge on any atom is -0.493 e. The molecule has 5 aromatic carbocycles. The van der Waals surface area contributed by atoms with Crippen LogP contribution in [-0.2, 0) is 4.74 Å². The van der Waals surface area contributed by atoms with Crippen LogP contribution in [-0.4, -0.2) is 22.5 Å². The zero-order chi connectivity index (χ0) is 38.4. The van der Waals surface area contributed by atoms with Crippen molar-refractivity contribution < 1.29 is 9.15 Å². The van der Waals surface area contributed by atoms with Gasteiger partial charge in [-0.1, -0.05) is 140 Å². The molecule has 4 heterocycles. The Balaban J connectivity index is 0.835. The van der Waals surface area contributed by atoms with Crippen molar-refractivity contribution >= 4 is 43.7 Å². The number of hydrogen-bond donors (Lipinski definition) is 3. The molecule has 6 unspecified atom stereocenters. The van der Waals surface area contributed by atoms with Crippen LogP contribution in [0.2, 0.25) is 0 Å². The van der Waals surface area contributed by atoms with Gasteiger partial charge in [-0.3, -0.25) is 16.0 Å². The van der Waals surface area contributed by atoms with Gasteiger partial charge in [0.2, 0.25) is 0 Å². The van der Waals surface area contributed by atoms with Gasteiger partial charge in [-0.05, 0) is 60.2 Å². The van der Waals surface area contributed by atoms with Gasteiger partial charge in [0.15, 0.2) is 5.58 Å². The molecule has 7 atom stereocenters. The molecule has 0 radical (unpaired) electrons. The molecule has 286 valence electrons. The molecular formula is C52H46N4O2. The Hall–Kier alpha value is -5.92. The summed E-state index contributed by atoms with van der Waals surface area (Å²) in [5.41, 5.74) is 10.2. The monoisotopic (exact) mass is 758 g/mol. The Labute approximate surface area is 338 Å². The van der Waals surface area contributed by atoms with E-state index in [0.29, 0.717) is 0 Å². The molecule has 5 aliphatic rings. The Morgan fingerprint density at radius 1 is 0.690 bits per heavy atom. The molecule has 3 N–H and O–H groups in total. The summed E-state index contributed by atoms with van der Waals surface area (Å²) in [7, 11) is 0. The minimum absolute atomic E-state index is 0.00517. The van der Waals surface area contributed by atoms with Gasteiger partial charge in [0.05, 0.1) is 29.6 Å². The second kappa shape index (κ2) is 13.3. The molecule has 0 saturated carbocycles. The molecule has 2 aliphatic heterocycles. The quantitative estimate of drug-likeness (QED) is 0.153. The second-order valence-electron chi connectivity index (χ2n) is 16.9. The fourth-order valence-corrected chi connectivity index (χ4v) is 10.6. The summed E-state index contributed by atoms with van der Waals surface area (Å²) in [4.78, 5) is 0. The van der Waals surface area contributed by atoms with Crippen molar-refractivity contribution in [1.82, 2.24) is 20.5 Å². The van der Waals surface area contributed by atoms with E-state index in [4.69, 9.17) is 9.15 Å². The first-order valence-electron chi connectivity index (χ1n) is 21.0. The average Bonchev–Trinajstić information content (AvgIpc) is 3.96. The number of fused-ring (bicyclic) bond motifs is 9. The third-order valence-electron chi connectivity index (χ3n) is 13.5. The van der Waals surface area contributed by atoms with E-state index < -0.39 is 5.66 Å². The van der Waals surface area contributed by atoms with E-state index in [2.05, 4.69) is 185 Å². The first kappa shape index (κ1) is 34.1. The fourth-order valence-electron chi connectivity index (χ4n) is 10.6. The number of nitrogens with zero attached hydrogens (tertiary/aromatic N) is 1. The number of nitrogens with one attached hydrogen (secondary N) is 3. The van der Waals surface area contributed by atoms with Crippen molar-refractivity contribution in [2.75, 3.05) is 0 Å². The molecule has 58 heavy (non-hydrogen) atoms. The van der Waals surface area contributed by atoms with E-state index in [0.717, 1.165) is 58.9 Å². The molecule has 1 saturated heterocycles. The topological polar surface area (TPSA) is 63.4 Å². The van der Waals surface area contributed by atoms with Crippen molar-refractivity contribution in [3.8, 4) is 11.1 Å². The maximum atomic E-state index is 7.08. The van der Waals surface area contributed by atoms with E-state index in [9.17, 15) is 0 Å². The smallest absolute Gasteiger partial charge is 0.159 e. The molecule has 2 aromatic heterocycles.